The van der Waals surface area contributed by atoms with Crippen LogP contribution < -0.4 is 10.1 Å². The van der Waals surface area contributed by atoms with Gasteiger partial charge in [-0.15, -0.1) is 0 Å². The summed E-state index contributed by atoms with van der Waals surface area (Å²) in [4.78, 5) is 28.7. The Kier molecular flexibility index (Phi) is 8.51. The van der Waals surface area contributed by atoms with E-state index in [4.69, 9.17) is 18.6 Å². The maximum absolute atomic E-state index is 12.9. The molecule has 0 radical (unpaired) electrons. The van der Waals surface area contributed by atoms with Gasteiger partial charge in [-0.25, -0.2) is 4.79 Å². The standard InChI is InChI=1S/C26H32N2O6/c1-5-31-23(29)11-8-16-32-19-14-12-18(13-15-19)17-21(24(30)34-26(2,3)4)28-25-27-20-9-6-7-10-22(20)33-25/h6-7,9-10,12-15,21H,5,8,11,16-17H2,1-4H3,(H,27,28). The number of oxazole rings is 1. The molecule has 0 aliphatic rings. The average molecular weight is 469 g/mol. The smallest absolute Gasteiger partial charge is 0.329 e. The summed E-state index contributed by atoms with van der Waals surface area (Å²) in [5.41, 5.74) is 1.63. The number of carbonyl (C=O) groups is 2. The number of fused-ring (bicyclic) bond motifs is 1. The summed E-state index contributed by atoms with van der Waals surface area (Å²) in [5.74, 6) is 0.0726. The van der Waals surface area contributed by atoms with Crippen LogP contribution in [0.3, 0.4) is 0 Å². The van der Waals surface area contributed by atoms with Crippen molar-refractivity contribution in [1.29, 1.82) is 0 Å². The molecule has 2 aromatic carbocycles. The molecule has 0 fully saturated rings. The van der Waals surface area contributed by atoms with Crippen LogP contribution in [-0.2, 0) is 25.5 Å². The summed E-state index contributed by atoms with van der Waals surface area (Å²) in [6, 6.07) is 14.4. The maximum Gasteiger partial charge on any atom is 0.329 e. The van der Waals surface area contributed by atoms with Crippen LogP contribution in [0.1, 0.15) is 46.1 Å². The molecular formula is C26H32N2O6. The Morgan fingerprint density at radius 2 is 1.82 bits per heavy atom. The van der Waals surface area contributed by atoms with Gasteiger partial charge < -0.3 is 23.9 Å². The van der Waals surface area contributed by atoms with Crippen molar-refractivity contribution in [2.75, 3.05) is 18.5 Å². The normalized spacial score (nSPS) is 12.2. The van der Waals surface area contributed by atoms with Gasteiger partial charge in [-0.2, -0.15) is 4.98 Å². The Hall–Kier alpha value is -3.55. The highest BCUT2D eigenvalue weighted by atomic mass is 16.6. The van der Waals surface area contributed by atoms with E-state index in [0.29, 0.717) is 49.3 Å². The summed E-state index contributed by atoms with van der Waals surface area (Å²) in [6.45, 7) is 8.07. The molecule has 0 spiro atoms. The number of benzene rings is 2. The van der Waals surface area contributed by atoms with Gasteiger partial charge in [0.2, 0.25) is 0 Å². The third kappa shape index (κ3) is 7.79. The van der Waals surface area contributed by atoms with E-state index in [-0.39, 0.29) is 12.0 Å². The number of para-hydroxylation sites is 2. The zero-order valence-electron chi connectivity index (χ0n) is 20.1. The van der Waals surface area contributed by atoms with Crippen LogP contribution in [0, 0.1) is 0 Å². The molecule has 1 N–H and O–H groups in total. The Morgan fingerprint density at radius 1 is 1.09 bits per heavy atom. The van der Waals surface area contributed by atoms with E-state index >= 15 is 0 Å². The highest BCUT2D eigenvalue weighted by Gasteiger charge is 2.27. The number of rotatable bonds is 11. The van der Waals surface area contributed by atoms with Gasteiger partial charge in [-0.05, 0) is 63.9 Å². The first-order valence-electron chi connectivity index (χ1n) is 11.5. The van der Waals surface area contributed by atoms with E-state index in [1.807, 2.05) is 69.3 Å². The molecule has 182 valence electrons. The van der Waals surface area contributed by atoms with E-state index in [0.717, 1.165) is 5.56 Å². The number of aromatic nitrogens is 1. The van der Waals surface area contributed by atoms with Gasteiger partial charge >= 0.3 is 11.9 Å². The zero-order valence-corrected chi connectivity index (χ0v) is 20.1. The van der Waals surface area contributed by atoms with Crippen LogP contribution in [0.25, 0.3) is 11.1 Å². The lowest BCUT2D eigenvalue weighted by molar-refractivity contribution is -0.155. The van der Waals surface area contributed by atoms with Crippen molar-refractivity contribution >= 4 is 29.1 Å². The van der Waals surface area contributed by atoms with Crippen LogP contribution in [-0.4, -0.2) is 41.8 Å². The topological polar surface area (TPSA) is 99.9 Å². The third-order valence-electron chi connectivity index (χ3n) is 4.75. The van der Waals surface area contributed by atoms with Crippen LogP contribution in [0.15, 0.2) is 52.9 Å². The zero-order chi connectivity index (χ0) is 24.6. The van der Waals surface area contributed by atoms with Gasteiger partial charge in [0.15, 0.2) is 5.58 Å². The number of nitrogens with zero attached hydrogens (tertiary/aromatic N) is 1. The molecule has 1 heterocycles. The van der Waals surface area contributed by atoms with Gasteiger partial charge in [0, 0.05) is 12.8 Å². The molecule has 0 saturated carbocycles. The second-order valence-electron chi connectivity index (χ2n) is 8.82. The Bertz CT molecular complexity index is 1050. The van der Waals surface area contributed by atoms with Gasteiger partial charge in [-0.1, -0.05) is 24.3 Å². The molecule has 0 aliphatic carbocycles. The summed E-state index contributed by atoms with van der Waals surface area (Å²) >= 11 is 0. The molecule has 1 atom stereocenters. The molecule has 0 saturated heterocycles. The molecule has 0 aliphatic heterocycles. The fourth-order valence-corrected chi connectivity index (χ4v) is 3.25. The third-order valence-corrected chi connectivity index (χ3v) is 4.75. The van der Waals surface area contributed by atoms with E-state index < -0.39 is 17.6 Å². The molecule has 0 bridgehead atoms. The van der Waals surface area contributed by atoms with E-state index in [1.54, 1.807) is 6.92 Å². The second kappa shape index (κ2) is 11.5. The van der Waals surface area contributed by atoms with Gasteiger partial charge in [0.25, 0.3) is 6.01 Å². The maximum atomic E-state index is 12.9. The minimum absolute atomic E-state index is 0.221. The monoisotopic (exact) mass is 468 g/mol. The van der Waals surface area contributed by atoms with E-state index in [9.17, 15) is 9.59 Å². The van der Waals surface area contributed by atoms with Gasteiger partial charge in [0.1, 0.15) is 22.9 Å². The van der Waals surface area contributed by atoms with Crippen LogP contribution in [0.4, 0.5) is 6.01 Å². The largest absolute Gasteiger partial charge is 0.494 e. The van der Waals surface area contributed by atoms with Crippen LogP contribution >= 0.6 is 0 Å². The minimum Gasteiger partial charge on any atom is -0.494 e. The Morgan fingerprint density at radius 3 is 2.50 bits per heavy atom. The van der Waals surface area contributed by atoms with Crippen molar-refractivity contribution in [2.24, 2.45) is 0 Å². The number of hydrogen-bond acceptors (Lipinski definition) is 8. The van der Waals surface area contributed by atoms with Crippen LogP contribution in [0.5, 0.6) is 5.75 Å². The number of ether oxygens (including phenoxy) is 3. The molecule has 3 rings (SSSR count). The highest BCUT2D eigenvalue weighted by molar-refractivity contribution is 5.80. The quantitative estimate of drug-likeness (QED) is 0.313. The second-order valence-corrected chi connectivity index (χ2v) is 8.82. The molecule has 3 aromatic rings. The first-order valence-corrected chi connectivity index (χ1v) is 11.5. The fraction of sp³-hybridized carbons (Fsp3) is 0.423. The Balaban J connectivity index is 1.63. The number of esters is 2. The van der Waals surface area contributed by atoms with Gasteiger partial charge in [0.05, 0.1) is 13.2 Å². The summed E-state index contributed by atoms with van der Waals surface area (Å²) in [5, 5.41) is 3.09. The number of anilines is 1. The Labute approximate surface area is 199 Å². The van der Waals surface area contributed by atoms with E-state index in [2.05, 4.69) is 10.3 Å². The number of nitrogens with one attached hydrogen (secondary N) is 1. The average Bonchev–Trinajstić information content (AvgIpc) is 3.19. The van der Waals surface area contributed by atoms with Crippen molar-refractivity contribution in [3.63, 3.8) is 0 Å². The van der Waals surface area contributed by atoms with Crippen molar-refractivity contribution < 1.29 is 28.2 Å². The fourth-order valence-electron chi connectivity index (χ4n) is 3.25. The number of hydrogen-bond donors (Lipinski definition) is 1. The SMILES string of the molecule is CCOC(=O)CCCOc1ccc(CC(Nc2nc3ccccc3o2)C(=O)OC(C)(C)C)cc1. The lowest BCUT2D eigenvalue weighted by Crippen LogP contribution is -2.38. The first kappa shape index (κ1) is 25.1. The molecule has 8 nitrogen and oxygen atoms in total. The van der Waals surface area contributed by atoms with Gasteiger partial charge in [-0.3, -0.25) is 4.79 Å². The number of carbonyl (C=O) groups excluding carboxylic acids is 2. The summed E-state index contributed by atoms with van der Waals surface area (Å²) in [7, 11) is 0. The molecule has 8 heteroatoms. The predicted molar refractivity (Wildman–Crippen MR) is 129 cm³/mol. The lowest BCUT2D eigenvalue weighted by atomic mass is 10.1. The molecule has 1 unspecified atom stereocenters. The van der Waals surface area contributed by atoms with Crippen molar-refractivity contribution in [3.8, 4) is 5.75 Å². The van der Waals surface area contributed by atoms with Crippen LogP contribution in [0.2, 0.25) is 0 Å². The lowest BCUT2D eigenvalue weighted by Gasteiger charge is -2.24. The molecule has 34 heavy (non-hydrogen) atoms. The summed E-state index contributed by atoms with van der Waals surface area (Å²) < 4.78 is 22.0. The van der Waals surface area contributed by atoms with Crippen molar-refractivity contribution in [3.05, 3.63) is 54.1 Å². The molecular weight excluding hydrogens is 436 g/mol. The highest BCUT2D eigenvalue weighted by Crippen LogP contribution is 2.21. The minimum atomic E-state index is -0.691. The molecule has 1 aromatic heterocycles. The van der Waals surface area contributed by atoms with E-state index in [1.165, 1.54) is 0 Å². The van der Waals surface area contributed by atoms with Crippen molar-refractivity contribution in [1.82, 2.24) is 4.98 Å². The predicted octanol–water partition coefficient (Wildman–Crippen LogP) is 4.91. The van der Waals surface area contributed by atoms with Crippen molar-refractivity contribution in [2.45, 2.75) is 58.6 Å². The first-order chi connectivity index (χ1) is 16.2. The summed E-state index contributed by atoms with van der Waals surface area (Å²) in [6.07, 6.45) is 1.28. The molecule has 0 amide bonds.